The van der Waals surface area contributed by atoms with Gasteiger partial charge < -0.3 is 13.6 Å². The Bertz CT molecular complexity index is 2260. The van der Waals surface area contributed by atoms with Crippen molar-refractivity contribution in [1.82, 2.24) is 0 Å². The Balaban J connectivity index is 1.19. The van der Waals surface area contributed by atoms with Gasteiger partial charge in [0, 0.05) is 38.2 Å². The lowest BCUT2D eigenvalue weighted by molar-refractivity contribution is 0.487. The Kier molecular flexibility index (Phi) is 4.05. The van der Waals surface area contributed by atoms with Gasteiger partial charge in [-0.15, -0.1) is 0 Å². The van der Waals surface area contributed by atoms with E-state index in [-0.39, 0.29) is 0 Å². The first-order chi connectivity index (χ1) is 19.3. The number of hydrogen-bond donors (Lipinski definition) is 0. The molecule has 8 aromatic rings. The quantitative estimate of drug-likeness (QED) is 0.237. The van der Waals surface area contributed by atoms with Gasteiger partial charge in [-0.25, -0.2) is 0 Å². The molecule has 1 aliphatic rings. The van der Waals surface area contributed by atoms with E-state index >= 15 is 0 Å². The largest absolute Gasteiger partial charge is 0.456 e. The van der Waals surface area contributed by atoms with Crippen molar-refractivity contribution in [3.8, 4) is 45.3 Å². The Morgan fingerprint density at radius 2 is 1.26 bits per heavy atom. The van der Waals surface area contributed by atoms with Crippen molar-refractivity contribution in [3.63, 3.8) is 0 Å². The summed E-state index contributed by atoms with van der Waals surface area (Å²) in [5.74, 6) is 3.39. The number of hydrogen-bond acceptors (Lipinski definition) is 3. The van der Waals surface area contributed by atoms with Crippen LogP contribution in [-0.2, 0) is 0 Å². The summed E-state index contributed by atoms with van der Waals surface area (Å²) in [6.07, 6.45) is 0. The van der Waals surface area contributed by atoms with Crippen LogP contribution < -0.4 is 4.74 Å². The van der Waals surface area contributed by atoms with Crippen molar-refractivity contribution >= 4 is 43.5 Å². The van der Waals surface area contributed by atoms with E-state index in [2.05, 4.69) is 84.9 Å². The van der Waals surface area contributed by atoms with Gasteiger partial charge in [-0.2, -0.15) is 0 Å². The van der Waals surface area contributed by atoms with E-state index in [0.717, 1.165) is 72.4 Å². The highest BCUT2D eigenvalue weighted by atomic mass is 16.5. The van der Waals surface area contributed by atoms with E-state index in [9.17, 15) is 0 Å². The third-order valence-corrected chi connectivity index (χ3v) is 7.90. The van der Waals surface area contributed by atoms with Crippen molar-refractivity contribution in [3.05, 3.63) is 121 Å². The Labute approximate surface area is 223 Å². The molecule has 182 valence electrons. The van der Waals surface area contributed by atoms with Gasteiger partial charge in [-0.05, 0) is 64.9 Å². The molecule has 0 aliphatic carbocycles. The van der Waals surface area contributed by atoms with Gasteiger partial charge in [0.25, 0.3) is 0 Å². The SMILES string of the molecule is c1cc2c3c(cccc3c1)-c1cc(-c3ccc(-c4cccc5oc6c7ccccc7ccc6c45)o3)ccc1O2. The average Bonchev–Trinajstić information content (AvgIpc) is 3.63. The predicted molar refractivity (Wildman–Crippen MR) is 157 cm³/mol. The topological polar surface area (TPSA) is 35.5 Å². The fraction of sp³-hybridized carbons (Fsp3) is 0. The Morgan fingerprint density at radius 3 is 2.23 bits per heavy atom. The molecule has 3 heteroatoms. The number of rotatable bonds is 2. The van der Waals surface area contributed by atoms with Crippen LogP contribution in [0.5, 0.6) is 11.5 Å². The van der Waals surface area contributed by atoms with Crippen molar-refractivity contribution in [2.24, 2.45) is 0 Å². The zero-order valence-electron chi connectivity index (χ0n) is 20.8. The van der Waals surface area contributed by atoms with E-state index in [1.165, 1.54) is 16.3 Å². The number of furan rings is 2. The maximum atomic E-state index is 6.52. The van der Waals surface area contributed by atoms with Crippen LogP contribution in [0.3, 0.4) is 0 Å². The van der Waals surface area contributed by atoms with Crippen LogP contribution in [0.4, 0.5) is 0 Å². The molecule has 0 bridgehead atoms. The Morgan fingerprint density at radius 1 is 0.436 bits per heavy atom. The molecule has 0 N–H and O–H groups in total. The first-order valence-corrected chi connectivity index (χ1v) is 13.1. The molecule has 0 atom stereocenters. The molecule has 0 fully saturated rings. The van der Waals surface area contributed by atoms with E-state index in [1.807, 2.05) is 36.4 Å². The van der Waals surface area contributed by atoms with Crippen molar-refractivity contribution < 1.29 is 13.6 Å². The fourth-order valence-corrected chi connectivity index (χ4v) is 6.11. The molecule has 0 radical (unpaired) electrons. The monoisotopic (exact) mass is 500 g/mol. The maximum Gasteiger partial charge on any atom is 0.143 e. The van der Waals surface area contributed by atoms with Crippen LogP contribution in [0, 0.1) is 0 Å². The fourth-order valence-electron chi connectivity index (χ4n) is 6.11. The lowest BCUT2D eigenvalue weighted by atomic mass is 9.93. The van der Waals surface area contributed by atoms with E-state index in [1.54, 1.807) is 0 Å². The minimum atomic E-state index is 0.813. The smallest absolute Gasteiger partial charge is 0.143 e. The molecular formula is C36H20O3. The number of fused-ring (bicyclic) bond motifs is 7. The van der Waals surface area contributed by atoms with Crippen LogP contribution in [0.15, 0.2) is 130 Å². The first kappa shape index (κ1) is 20.7. The van der Waals surface area contributed by atoms with Crippen LogP contribution in [0.1, 0.15) is 0 Å². The summed E-state index contributed by atoms with van der Waals surface area (Å²) in [4.78, 5) is 0. The molecule has 9 rings (SSSR count). The third kappa shape index (κ3) is 2.93. The van der Waals surface area contributed by atoms with E-state index in [4.69, 9.17) is 13.6 Å². The lowest BCUT2D eigenvalue weighted by Gasteiger charge is -2.21. The summed E-state index contributed by atoms with van der Waals surface area (Å²) < 4.78 is 19.2. The van der Waals surface area contributed by atoms with Crippen molar-refractivity contribution in [2.75, 3.05) is 0 Å². The molecular weight excluding hydrogens is 480 g/mol. The second kappa shape index (κ2) is 7.62. The maximum absolute atomic E-state index is 6.52. The standard InChI is InChI=1S/C36H20O3/c1-2-9-24-21(6-1)14-16-27-35-26(11-5-13-33(35)39-36(24)27)30-19-18-29(37-30)23-15-17-31-28(20-23)25-10-3-7-22-8-4-12-32(38-31)34(22)25/h1-20H. The summed E-state index contributed by atoms with van der Waals surface area (Å²) in [6.45, 7) is 0. The van der Waals surface area contributed by atoms with Crippen molar-refractivity contribution in [1.29, 1.82) is 0 Å². The minimum absolute atomic E-state index is 0.813. The van der Waals surface area contributed by atoms with Crippen LogP contribution in [0.25, 0.3) is 77.3 Å². The molecule has 3 heterocycles. The molecule has 1 aliphatic heterocycles. The van der Waals surface area contributed by atoms with Gasteiger partial charge >= 0.3 is 0 Å². The van der Waals surface area contributed by atoms with E-state index in [0.29, 0.717) is 0 Å². The average molecular weight is 501 g/mol. The number of ether oxygens (including phenoxy) is 1. The minimum Gasteiger partial charge on any atom is -0.456 e. The second-order valence-electron chi connectivity index (χ2n) is 10.1. The van der Waals surface area contributed by atoms with Gasteiger partial charge in [-0.3, -0.25) is 0 Å². The molecule has 0 amide bonds. The van der Waals surface area contributed by atoms with Gasteiger partial charge in [0.2, 0.25) is 0 Å². The summed E-state index contributed by atoms with van der Waals surface area (Å²) in [7, 11) is 0. The van der Waals surface area contributed by atoms with Crippen LogP contribution >= 0.6 is 0 Å². The molecule has 0 saturated heterocycles. The zero-order valence-corrected chi connectivity index (χ0v) is 20.8. The first-order valence-electron chi connectivity index (χ1n) is 13.1. The predicted octanol–water partition coefficient (Wildman–Crippen LogP) is 10.6. The normalized spacial score (nSPS) is 12.3. The van der Waals surface area contributed by atoms with Crippen LogP contribution in [0.2, 0.25) is 0 Å². The second-order valence-corrected chi connectivity index (χ2v) is 10.1. The highest BCUT2D eigenvalue weighted by Crippen LogP contribution is 2.48. The highest BCUT2D eigenvalue weighted by molar-refractivity contribution is 6.18. The van der Waals surface area contributed by atoms with Gasteiger partial charge in [-0.1, -0.05) is 72.8 Å². The summed E-state index contributed by atoms with van der Waals surface area (Å²) in [5, 5.41) is 6.77. The molecule has 2 aromatic heterocycles. The molecule has 39 heavy (non-hydrogen) atoms. The van der Waals surface area contributed by atoms with Crippen LogP contribution in [-0.4, -0.2) is 0 Å². The summed E-state index contributed by atoms with van der Waals surface area (Å²) >= 11 is 0. The molecule has 0 spiro atoms. The van der Waals surface area contributed by atoms with Gasteiger partial charge in [0.05, 0.1) is 0 Å². The molecule has 0 saturated carbocycles. The molecule has 3 nitrogen and oxygen atoms in total. The number of benzene rings is 6. The van der Waals surface area contributed by atoms with Gasteiger partial charge in [0.1, 0.15) is 34.2 Å². The van der Waals surface area contributed by atoms with Crippen molar-refractivity contribution in [2.45, 2.75) is 0 Å². The summed E-state index contributed by atoms with van der Waals surface area (Å²) in [6, 6.07) is 41.8. The van der Waals surface area contributed by atoms with Gasteiger partial charge in [0.15, 0.2) is 0 Å². The summed E-state index contributed by atoms with van der Waals surface area (Å²) in [5.41, 5.74) is 6.05. The van der Waals surface area contributed by atoms with E-state index < -0.39 is 0 Å². The lowest BCUT2D eigenvalue weighted by Crippen LogP contribution is -1.97. The molecule has 0 unspecified atom stereocenters. The molecule has 6 aromatic carbocycles. The Hall–Kier alpha value is -5.28. The zero-order chi connectivity index (χ0) is 25.5. The third-order valence-electron chi connectivity index (χ3n) is 7.90. The highest BCUT2D eigenvalue weighted by Gasteiger charge is 2.21.